The molecule has 0 radical (unpaired) electrons. The molecule has 5 nitrogen and oxygen atoms in total. The molecule has 2 saturated heterocycles. The predicted octanol–water partition coefficient (Wildman–Crippen LogP) is 2.51. The number of carbonyl (C=O) groups is 2. The van der Waals surface area contributed by atoms with Crippen molar-refractivity contribution in [3.63, 3.8) is 0 Å². The van der Waals surface area contributed by atoms with Crippen LogP contribution in [0.25, 0.3) is 0 Å². The van der Waals surface area contributed by atoms with E-state index in [4.69, 9.17) is 0 Å². The Morgan fingerprint density at radius 3 is 2.41 bits per heavy atom. The van der Waals surface area contributed by atoms with Crippen molar-refractivity contribution in [2.24, 2.45) is 5.92 Å². The molecule has 6 heteroatoms. The van der Waals surface area contributed by atoms with Gasteiger partial charge in [0.25, 0.3) is 0 Å². The van der Waals surface area contributed by atoms with Gasteiger partial charge >= 0.3 is 0 Å². The van der Waals surface area contributed by atoms with Crippen LogP contribution in [0.15, 0.2) is 24.3 Å². The SMILES string of the molecule is CC(C)[C@@H]1CN(CCN2CCCC2=O)CCC(=O)N1Cc1ccc(F)cc1. The van der Waals surface area contributed by atoms with E-state index in [2.05, 4.69) is 18.7 Å². The van der Waals surface area contributed by atoms with E-state index in [1.165, 1.54) is 12.1 Å². The quantitative estimate of drug-likeness (QED) is 0.767. The number of rotatable bonds is 6. The van der Waals surface area contributed by atoms with Crippen molar-refractivity contribution in [1.82, 2.24) is 14.7 Å². The molecule has 0 bridgehead atoms. The Balaban J connectivity index is 1.66. The van der Waals surface area contributed by atoms with Gasteiger partial charge in [0.1, 0.15) is 5.82 Å². The predicted molar refractivity (Wildman–Crippen MR) is 102 cm³/mol. The van der Waals surface area contributed by atoms with Gasteiger partial charge in [0.2, 0.25) is 11.8 Å². The van der Waals surface area contributed by atoms with Gasteiger partial charge in [-0.1, -0.05) is 26.0 Å². The third-order valence-electron chi connectivity index (χ3n) is 5.70. The fourth-order valence-electron chi connectivity index (χ4n) is 4.01. The van der Waals surface area contributed by atoms with Crippen LogP contribution in [-0.4, -0.2) is 65.3 Å². The Labute approximate surface area is 161 Å². The second kappa shape index (κ2) is 8.83. The molecule has 3 rings (SSSR count). The van der Waals surface area contributed by atoms with Crippen LogP contribution in [0.4, 0.5) is 4.39 Å². The molecule has 0 N–H and O–H groups in total. The molecule has 2 fully saturated rings. The lowest BCUT2D eigenvalue weighted by Gasteiger charge is -2.35. The van der Waals surface area contributed by atoms with Gasteiger partial charge in [-0.2, -0.15) is 0 Å². The van der Waals surface area contributed by atoms with Crippen molar-refractivity contribution in [2.75, 3.05) is 32.7 Å². The zero-order valence-corrected chi connectivity index (χ0v) is 16.4. The smallest absolute Gasteiger partial charge is 0.224 e. The summed E-state index contributed by atoms with van der Waals surface area (Å²) in [5.41, 5.74) is 0.950. The third kappa shape index (κ3) is 5.06. The normalized spacial score (nSPS) is 22.0. The van der Waals surface area contributed by atoms with Crippen LogP contribution in [0.3, 0.4) is 0 Å². The Morgan fingerprint density at radius 2 is 1.78 bits per heavy atom. The molecule has 0 aliphatic carbocycles. The first kappa shape index (κ1) is 19.8. The number of benzene rings is 1. The van der Waals surface area contributed by atoms with Gasteiger partial charge in [-0.25, -0.2) is 4.39 Å². The van der Waals surface area contributed by atoms with Gasteiger partial charge in [0, 0.05) is 58.2 Å². The summed E-state index contributed by atoms with van der Waals surface area (Å²) in [4.78, 5) is 30.9. The molecule has 1 aromatic rings. The number of carbonyl (C=O) groups excluding carboxylic acids is 2. The van der Waals surface area contributed by atoms with Crippen molar-refractivity contribution in [1.29, 1.82) is 0 Å². The number of amides is 2. The molecular weight excluding hydrogens is 345 g/mol. The molecule has 2 amide bonds. The molecule has 148 valence electrons. The first-order chi connectivity index (χ1) is 12.9. The minimum Gasteiger partial charge on any atom is -0.341 e. The highest BCUT2D eigenvalue weighted by Gasteiger charge is 2.32. The highest BCUT2D eigenvalue weighted by molar-refractivity contribution is 5.78. The minimum absolute atomic E-state index is 0.110. The number of hydrogen-bond donors (Lipinski definition) is 0. The summed E-state index contributed by atoms with van der Waals surface area (Å²) in [5, 5.41) is 0. The lowest BCUT2D eigenvalue weighted by molar-refractivity contribution is -0.134. The third-order valence-corrected chi connectivity index (χ3v) is 5.70. The van der Waals surface area contributed by atoms with E-state index in [0.29, 0.717) is 25.3 Å². The summed E-state index contributed by atoms with van der Waals surface area (Å²) in [6.45, 7) is 8.75. The molecule has 0 unspecified atom stereocenters. The fraction of sp³-hybridized carbons (Fsp3) is 0.619. The van der Waals surface area contributed by atoms with Crippen molar-refractivity contribution in [3.05, 3.63) is 35.6 Å². The number of likely N-dealkylation sites (tertiary alicyclic amines) is 1. The first-order valence-corrected chi connectivity index (χ1v) is 9.98. The summed E-state index contributed by atoms with van der Waals surface area (Å²) in [6.07, 6.45) is 2.11. The molecule has 2 heterocycles. The second-order valence-electron chi connectivity index (χ2n) is 7.99. The van der Waals surface area contributed by atoms with E-state index in [1.807, 2.05) is 9.80 Å². The topological polar surface area (TPSA) is 43.9 Å². The van der Waals surface area contributed by atoms with Crippen LogP contribution in [0, 0.1) is 11.7 Å². The van der Waals surface area contributed by atoms with Crippen LogP contribution >= 0.6 is 0 Å². The second-order valence-corrected chi connectivity index (χ2v) is 7.99. The number of hydrogen-bond acceptors (Lipinski definition) is 3. The van der Waals surface area contributed by atoms with E-state index in [-0.39, 0.29) is 23.7 Å². The minimum atomic E-state index is -0.260. The Bertz CT molecular complexity index is 662. The molecule has 0 saturated carbocycles. The van der Waals surface area contributed by atoms with E-state index in [1.54, 1.807) is 12.1 Å². The maximum atomic E-state index is 13.2. The van der Waals surface area contributed by atoms with Gasteiger partial charge in [-0.3, -0.25) is 14.5 Å². The Kier molecular flexibility index (Phi) is 6.47. The first-order valence-electron chi connectivity index (χ1n) is 9.98. The van der Waals surface area contributed by atoms with Gasteiger partial charge in [-0.05, 0) is 30.0 Å². The van der Waals surface area contributed by atoms with Gasteiger partial charge in [0.15, 0.2) is 0 Å². The zero-order chi connectivity index (χ0) is 19.4. The standard InChI is InChI=1S/C21H30FN3O2/c1-16(2)19-15-23(12-13-24-10-3-4-20(24)26)11-9-21(27)25(19)14-17-5-7-18(22)8-6-17/h5-8,16,19H,3-4,9-15H2,1-2H3/t19-/m0/s1. The van der Waals surface area contributed by atoms with Crippen LogP contribution in [0.5, 0.6) is 0 Å². The highest BCUT2D eigenvalue weighted by Crippen LogP contribution is 2.21. The summed E-state index contributed by atoms with van der Waals surface area (Å²) in [6, 6.07) is 6.51. The molecular formula is C21H30FN3O2. The largest absolute Gasteiger partial charge is 0.341 e. The van der Waals surface area contributed by atoms with E-state index in [9.17, 15) is 14.0 Å². The summed E-state index contributed by atoms with van der Waals surface area (Å²) >= 11 is 0. The van der Waals surface area contributed by atoms with E-state index in [0.717, 1.165) is 44.7 Å². The molecule has 1 atom stereocenters. The van der Waals surface area contributed by atoms with Gasteiger partial charge in [-0.15, -0.1) is 0 Å². The molecule has 2 aliphatic heterocycles. The molecule has 0 spiro atoms. The summed E-state index contributed by atoms with van der Waals surface area (Å²) in [5.74, 6) is 0.462. The van der Waals surface area contributed by atoms with E-state index < -0.39 is 0 Å². The molecule has 0 aromatic heterocycles. The lowest BCUT2D eigenvalue weighted by atomic mass is 10.0. The maximum absolute atomic E-state index is 13.2. The lowest BCUT2D eigenvalue weighted by Crippen LogP contribution is -2.47. The van der Waals surface area contributed by atoms with Gasteiger partial charge in [0.05, 0.1) is 0 Å². The maximum Gasteiger partial charge on any atom is 0.224 e. The highest BCUT2D eigenvalue weighted by atomic mass is 19.1. The Morgan fingerprint density at radius 1 is 1.04 bits per heavy atom. The van der Waals surface area contributed by atoms with Crippen LogP contribution in [0.1, 0.15) is 38.7 Å². The van der Waals surface area contributed by atoms with Crippen molar-refractivity contribution < 1.29 is 14.0 Å². The zero-order valence-electron chi connectivity index (χ0n) is 16.4. The molecule has 2 aliphatic rings. The van der Waals surface area contributed by atoms with Crippen LogP contribution < -0.4 is 0 Å². The fourth-order valence-corrected chi connectivity index (χ4v) is 4.01. The van der Waals surface area contributed by atoms with Crippen LogP contribution in [-0.2, 0) is 16.1 Å². The van der Waals surface area contributed by atoms with E-state index >= 15 is 0 Å². The summed E-state index contributed by atoms with van der Waals surface area (Å²) < 4.78 is 13.2. The van der Waals surface area contributed by atoms with Gasteiger partial charge < -0.3 is 9.80 Å². The van der Waals surface area contributed by atoms with Crippen molar-refractivity contribution >= 4 is 11.8 Å². The molecule has 1 aromatic carbocycles. The number of halogens is 1. The monoisotopic (exact) mass is 375 g/mol. The molecule has 27 heavy (non-hydrogen) atoms. The van der Waals surface area contributed by atoms with Crippen molar-refractivity contribution in [3.8, 4) is 0 Å². The Hall–Kier alpha value is -1.95. The average molecular weight is 375 g/mol. The summed E-state index contributed by atoms with van der Waals surface area (Å²) in [7, 11) is 0. The number of nitrogens with zero attached hydrogens (tertiary/aromatic N) is 3. The van der Waals surface area contributed by atoms with Crippen molar-refractivity contribution in [2.45, 2.75) is 45.7 Å². The average Bonchev–Trinajstić information content (AvgIpc) is 2.98. The van der Waals surface area contributed by atoms with Crippen LogP contribution in [0.2, 0.25) is 0 Å².